The van der Waals surface area contributed by atoms with E-state index in [4.69, 9.17) is 9.47 Å². The first-order valence-electron chi connectivity index (χ1n) is 7.24. The average Bonchev–Trinajstić information content (AvgIpc) is 2.56. The molecule has 0 heterocycles. The summed E-state index contributed by atoms with van der Waals surface area (Å²) in [6.07, 6.45) is 0.677. The molecule has 23 heavy (non-hydrogen) atoms. The van der Waals surface area contributed by atoms with E-state index in [1.807, 2.05) is 13.8 Å². The molecule has 0 spiro atoms. The maximum atomic E-state index is 12.4. The lowest BCUT2D eigenvalue weighted by atomic mass is 10.1. The Morgan fingerprint density at radius 1 is 1.13 bits per heavy atom. The average molecular weight is 313 g/mol. The number of hydrogen-bond donors (Lipinski definition) is 1. The van der Waals surface area contributed by atoms with Crippen LogP contribution in [0.1, 0.15) is 34.6 Å². The monoisotopic (exact) mass is 313 g/mol. The highest BCUT2D eigenvalue weighted by Gasteiger charge is 2.12. The number of nitrogens with one attached hydrogen (secondary N) is 1. The molecule has 0 aromatic heterocycles. The first-order chi connectivity index (χ1) is 11.0. The largest absolute Gasteiger partial charge is 0.497 e. The molecule has 5 heteroatoms. The molecule has 0 saturated carbocycles. The number of rotatable bonds is 6. The van der Waals surface area contributed by atoms with Crippen molar-refractivity contribution in [3.05, 3.63) is 53.6 Å². The third-order valence-electron chi connectivity index (χ3n) is 3.10. The number of methoxy groups -OCH3 is 1. The minimum absolute atomic E-state index is 0.0475. The van der Waals surface area contributed by atoms with Gasteiger partial charge in [-0.2, -0.15) is 0 Å². The molecule has 0 aliphatic heterocycles. The molecule has 0 bridgehead atoms. The zero-order chi connectivity index (χ0) is 16.8. The van der Waals surface area contributed by atoms with Crippen molar-refractivity contribution in [2.45, 2.75) is 20.0 Å². The normalized spacial score (nSPS) is 10.3. The van der Waals surface area contributed by atoms with Crippen molar-refractivity contribution < 1.29 is 19.1 Å². The van der Waals surface area contributed by atoms with E-state index in [0.717, 1.165) is 6.29 Å². The van der Waals surface area contributed by atoms with Gasteiger partial charge < -0.3 is 14.8 Å². The van der Waals surface area contributed by atoms with E-state index in [2.05, 4.69) is 5.32 Å². The summed E-state index contributed by atoms with van der Waals surface area (Å²) in [4.78, 5) is 23.3. The van der Waals surface area contributed by atoms with Crippen LogP contribution in [0.2, 0.25) is 0 Å². The zero-order valence-electron chi connectivity index (χ0n) is 13.3. The molecule has 0 atom stereocenters. The van der Waals surface area contributed by atoms with Gasteiger partial charge in [0.05, 0.1) is 18.9 Å². The molecule has 5 nitrogen and oxygen atoms in total. The lowest BCUT2D eigenvalue weighted by molar-refractivity contribution is 0.102. The first kappa shape index (κ1) is 16.5. The Bertz CT molecular complexity index is 693. The Morgan fingerprint density at radius 3 is 2.39 bits per heavy atom. The lowest BCUT2D eigenvalue weighted by Gasteiger charge is -2.15. The van der Waals surface area contributed by atoms with E-state index >= 15 is 0 Å². The summed E-state index contributed by atoms with van der Waals surface area (Å²) in [5, 5.41) is 2.78. The van der Waals surface area contributed by atoms with E-state index in [9.17, 15) is 9.59 Å². The van der Waals surface area contributed by atoms with Crippen LogP contribution in [0, 0.1) is 0 Å². The minimum Gasteiger partial charge on any atom is -0.497 e. The second kappa shape index (κ2) is 7.45. The Labute approximate surface area is 135 Å². The molecule has 0 saturated heterocycles. The summed E-state index contributed by atoms with van der Waals surface area (Å²) in [5.41, 5.74) is 1.41. The van der Waals surface area contributed by atoms with Gasteiger partial charge in [-0.1, -0.05) is 0 Å². The van der Waals surface area contributed by atoms with Gasteiger partial charge >= 0.3 is 0 Å². The van der Waals surface area contributed by atoms with Crippen LogP contribution in [0.4, 0.5) is 5.69 Å². The summed E-state index contributed by atoms with van der Waals surface area (Å²) < 4.78 is 10.7. The third-order valence-corrected chi connectivity index (χ3v) is 3.10. The van der Waals surface area contributed by atoms with Crippen LogP contribution in [0.3, 0.4) is 0 Å². The third kappa shape index (κ3) is 4.32. The molecule has 0 aliphatic carbocycles. The summed E-state index contributed by atoms with van der Waals surface area (Å²) in [5.74, 6) is 0.908. The Kier molecular flexibility index (Phi) is 5.36. The van der Waals surface area contributed by atoms with Crippen LogP contribution >= 0.6 is 0 Å². The van der Waals surface area contributed by atoms with Gasteiger partial charge in [0, 0.05) is 11.1 Å². The van der Waals surface area contributed by atoms with E-state index in [1.165, 1.54) is 0 Å². The van der Waals surface area contributed by atoms with Crippen LogP contribution in [-0.4, -0.2) is 25.4 Å². The van der Waals surface area contributed by atoms with Crippen LogP contribution in [-0.2, 0) is 0 Å². The van der Waals surface area contributed by atoms with Crippen LogP contribution < -0.4 is 14.8 Å². The van der Waals surface area contributed by atoms with E-state index < -0.39 is 0 Å². The summed E-state index contributed by atoms with van der Waals surface area (Å²) in [6, 6.07) is 11.7. The van der Waals surface area contributed by atoms with Gasteiger partial charge in [-0.25, -0.2) is 0 Å². The molecule has 1 amide bonds. The van der Waals surface area contributed by atoms with Gasteiger partial charge in [0.25, 0.3) is 5.91 Å². The fourth-order valence-electron chi connectivity index (χ4n) is 2.01. The number of benzene rings is 2. The fraction of sp³-hybridized carbons (Fsp3) is 0.222. The molecule has 0 aliphatic rings. The second-order valence-corrected chi connectivity index (χ2v) is 5.22. The number of ether oxygens (including phenoxy) is 2. The van der Waals surface area contributed by atoms with Gasteiger partial charge in [0.2, 0.25) is 0 Å². The van der Waals surface area contributed by atoms with Gasteiger partial charge in [-0.05, 0) is 56.3 Å². The molecule has 2 rings (SSSR count). The maximum absolute atomic E-state index is 12.4. The summed E-state index contributed by atoms with van der Waals surface area (Å²) in [7, 11) is 1.57. The van der Waals surface area contributed by atoms with Gasteiger partial charge in [0.1, 0.15) is 17.8 Å². The Balaban J connectivity index is 2.25. The smallest absolute Gasteiger partial charge is 0.255 e. The first-order valence-corrected chi connectivity index (χ1v) is 7.24. The summed E-state index contributed by atoms with van der Waals surface area (Å²) in [6.45, 7) is 3.78. The maximum Gasteiger partial charge on any atom is 0.255 e. The fourth-order valence-corrected chi connectivity index (χ4v) is 2.01. The molecule has 120 valence electrons. The van der Waals surface area contributed by atoms with Crippen molar-refractivity contribution in [3.63, 3.8) is 0 Å². The highest BCUT2D eigenvalue weighted by atomic mass is 16.5. The topological polar surface area (TPSA) is 64.6 Å². The molecule has 0 unspecified atom stereocenters. The van der Waals surface area contributed by atoms with Crippen LogP contribution in [0.5, 0.6) is 11.5 Å². The summed E-state index contributed by atoms with van der Waals surface area (Å²) >= 11 is 0. The van der Waals surface area contributed by atoms with Crippen LogP contribution in [0.25, 0.3) is 0 Å². The molecule has 0 fully saturated rings. The second-order valence-electron chi connectivity index (χ2n) is 5.22. The minimum atomic E-state index is -0.288. The number of amides is 1. The van der Waals surface area contributed by atoms with E-state index in [1.54, 1.807) is 49.6 Å². The molecule has 2 aromatic rings. The Morgan fingerprint density at radius 2 is 1.83 bits per heavy atom. The van der Waals surface area contributed by atoms with Crippen molar-refractivity contribution in [1.29, 1.82) is 0 Å². The van der Waals surface area contributed by atoms with Crippen molar-refractivity contribution in [2.75, 3.05) is 12.4 Å². The molecular formula is C18H19NO4. The SMILES string of the molecule is COc1ccc(C(=O)Nc2cc(C=O)ccc2OC(C)C)cc1. The van der Waals surface area contributed by atoms with Gasteiger partial charge in [-0.15, -0.1) is 0 Å². The van der Waals surface area contributed by atoms with Crippen molar-refractivity contribution in [3.8, 4) is 11.5 Å². The number of carbonyl (C=O) groups is 2. The van der Waals surface area contributed by atoms with Gasteiger partial charge in [0.15, 0.2) is 0 Å². The molecule has 2 aromatic carbocycles. The predicted octanol–water partition coefficient (Wildman–Crippen LogP) is 3.55. The highest BCUT2D eigenvalue weighted by Crippen LogP contribution is 2.27. The Hall–Kier alpha value is -2.82. The highest BCUT2D eigenvalue weighted by molar-refractivity contribution is 6.05. The zero-order valence-corrected chi connectivity index (χ0v) is 13.3. The van der Waals surface area contributed by atoms with E-state index in [-0.39, 0.29) is 12.0 Å². The number of carbonyl (C=O) groups excluding carboxylic acids is 2. The van der Waals surface area contributed by atoms with Crippen LogP contribution in [0.15, 0.2) is 42.5 Å². The lowest BCUT2D eigenvalue weighted by Crippen LogP contribution is -2.14. The van der Waals surface area contributed by atoms with Crippen molar-refractivity contribution >= 4 is 17.9 Å². The molecular weight excluding hydrogens is 294 g/mol. The van der Waals surface area contributed by atoms with Crippen molar-refractivity contribution in [1.82, 2.24) is 0 Å². The number of hydrogen-bond acceptors (Lipinski definition) is 4. The quantitative estimate of drug-likeness (QED) is 0.828. The number of aldehydes is 1. The standard InChI is InChI=1S/C18H19NO4/c1-12(2)23-17-9-4-13(11-20)10-16(17)19-18(21)14-5-7-15(22-3)8-6-14/h4-12H,1-3H3,(H,19,21). The molecule has 1 N–H and O–H groups in total. The van der Waals surface area contributed by atoms with Crippen molar-refractivity contribution in [2.24, 2.45) is 0 Å². The van der Waals surface area contributed by atoms with Gasteiger partial charge in [-0.3, -0.25) is 9.59 Å². The predicted molar refractivity (Wildman–Crippen MR) is 88.5 cm³/mol. The van der Waals surface area contributed by atoms with E-state index in [0.29, 0.717) is 28.3 Å². The number of anilines is 1. The molecule has 0 radical (unpaired) electrons.